The Hall–Kier alpha value is -1.91. The molecule has 0 unspecified atom stereocenters. The fourth-order valence-electron chi connectivity index (χ4n) is 3.84. The molecule has 1 N–H and O–H groups in total. The first-order chi connectivity index (χ1) is 13.4. The lowest BCUT2D eigenvalue weighted by Crippen LogP contribution is -2.47. The van der Waals surface area contributed by atoms with Crippen LogP contribution < -0.4 is 9.64 Å². The first-order valence-corrected chi connectivity index (χ1v) is 10.4. The number of anilines is 1. The summed E-state index contributed by atoms with van der Waals surface area (Å²) in [4.78, 5) is 4.98. The SMILES string of the molecule is Cc1cc(OCCN2CCN(c3cccc(C)c3C)CC2)c(C(C)C)cc1O.Cl. The van der Waals surface area contributed by atoms with E-state index in [1.165, 1.54) is 16.8 Å². The zero-order chi connectivity index (χ0) is 20.3. The number of phenols is 1. The second-order valence-electron chi connectivity index (χ2n) is 8.23. The number of aromatic hydroxyl groups is 1. The van der Waals surface area contributed by atoms with Crippen molar-refractivity contribution in [2.45, 2.75) is 40.5 Å². The Morgan fingerprint density at radius 3 is 2.34 bits per heavy atom. The van der Waals surface area contributed by atoms with Crippen LogP contribution in [0.1, 0.15) is 42.0 Å². The standard InChI is InChI=1S/C24H34N2O2.ClH/c1-17(2)21-16-23(27)19(4)15-24(21)28-14-13-25-9-11-26(12-10-25)22-8-6-7-18(3)20(22)5;/h6-8,15-17,27H,9-14H2,1-5H3;1H. The molecule has 0 aliphatic carbocycles. The van der Waals surface area contributed by atoms with Crippen molar-refractivity contribution < 1.29 is 9.84 Å². The fourth-order valence-corrected chi connectivity index (χ4v) is 3.84. The number of ether oxygens (including phenoxy) is 1. The van der Waals surface area contributed by atoms with Crippen LogP contribution in [-0.4, -0.2) is 49.3 Å². The van der Waals surface area contributed by atoms with E-state index in [1.54, 1.807) is 0 Å². The molecular formula is C24H35ClN2O2. The Kier molecular flexibility index (Phi) is 8.23. The summed E-state index contributed by atoms with van der Waals surface area (Å²) in [5.41, 5.74) is 6.06. The molecule has 0 atom stereocenters. The van der Waals surface area contributed by atoms with Gasteiger partial charge in [0, 0.05) is 44.0 Å². The van der Waals surface area contributed by atoms with E-state index in [4.69, 9.17) is 4.74 Å². The van der Waals surface area contributed by atoms with Gasteiger partial charge in [0.25, 0.3) is 0 Å². The number of aryl methyl sites for hydroxylation is 2. The maximum absolute atomic E-state index is 9.99. The van der Waals surface area contributed by atoms with Crippen molar-refractivity contribution in [2.24, 2.45) is 0 Å². The van der Waals surface area contributed by atoms with Crippen molar-refractivity contribution in [1.82, 2.24) is 4.90 Å². The lowest BCUT2D eigenvalue weighted by atomic mass is 10.00. The highest BCUT2D eigenvalue weighted by atomic mass is 35.5. The average molecular weight is 419 g/mol. The topological polar surface area (TPSA) is 35.9 Å². The lowest BCUT2D eigenvalue weighted by molar-refractivity contribution is 0.199. The van der Waals surface area contributed by atoms with Crippen LogP contribution in [0.2, 0.25) is 0 Å². The highest BCUT2D eigenvalue weighted by Gasteiger charge is 2.19. The third-order valence-electron chi connectivity index (χ3n) is 5.90. The van der Waals surface area contributed by atoms with E-state index in [1.807, 2.05) is 19.1 Å². The number of hydrogen-bond donors (Lipinski definition) is 1. The molecule has 0 bridgehead atoms. The summed E-state index contributed by atoms with van der Waals surface area (Å²) in [5, 5.41) is 9.99. The van der Waals surface area contributed by atoms with E-state index >= 15 is 0 Å². The Labute approximate surface area is 181 Å². The summed E-state index contributed by atoms with van der Waals surface area (Å²) in [6.45, 7) is 16.4. The Balaban J connectivity index is 0.00000300. The van der Waals surface area contributed by atoms with Gasteiger partial charge >= 0.3 is 0 Å². The van der Waals surface area contributed by atoms with Crippen molar-refractivity contribution in [1.29, 1.82) is 0 Å². The number of hydrogen-bond acceptors (Lipinski definition) is 4. The second-order valence-corrected chi connectivity index (χ2v) is 8.23. The molecule has 29 heavy (non-hydrogen) atoms. The predicted octanol–water partition coefficient (Wildman–Crippen LogP) is 5.06. The predicted molar refractivity (Wildman–Crippen MR) is 124 cm³/mol. The molecule has 0 spiro atoms. The van der Waals surface area contributed by atoms with Gasteiger partial charge in [-0.3, -0.25) is 4.90 Å². The summed E-state index contributed by atoms with van der Waals surface area (Å²) in [6.07, 6.45) is 0. The molecule has 1 aliphatic rings. The van der Waals surface area contributed by atoms with Crippen molar-refractivity contribution >= 4 is 18.1 Å². The molecule has 0 radical (unpaired) electrons. The molecule has 1 heterocycles. The minimum atomic E-state index is 0. The van der Waals surface area contributed by atoms with E-state index in [-0.39, 0.29) is 12.4 Å². The normalized spacial score (nSPS) is 14.8. The summed E-state index contributed by atoms with van der Waals surface area (Å²) in [6, 6.07) is 10.4. The van der Waals surface area contributed by atoms with Gasteiger partial charge in [-0.2, -0.15) is 0 Å². The van der Waals surface area contributed by atoms with Gasteiger partial charge in [-0.25, -0.2) is 0 Å². The van der Waals surface area contributed by atoms with Gasteiger partial charge in [-0.1, -0.05) is 26.0 Å². The number of piperazine rings is 1. The Bertz CT molecular complexity index is 815. The number of benzene rings is 2. The van der Waals surface area contributed by atoms with E-state index in [0.29, 0.717) is 18.3 Å². The molecule has 160 valence electrons. The third-order valence-corrected chi connectivity index (χ3v) is 5.90. The average Bonchev–Trinajstić information content (AvgIpc) is 2.67. The molecule has 1 aliphatic heterocycles. The zero-order valence-electron chi connectivity index (χ0n) is 18.4. The van der Waals surface area contributed by atoms with Crippen LogP contribution in [0, 0.1) is 20.8 Å². The third kappa shape index (κ3) is 5.58. The van der Waals surface area contributed by atoms with E-state index in [9.17, 15) is 5.11 Å². The smallest absolute Gasteiger partial charge is 0.123 e. The van der Waals surface area contributed by atoms with Gasteiger partial charge in [0.05, 0.1) is 0 Å². The molecule has 1 fully saturated rings. The number of halogens is 1. The quantitative estimate of drug-likeness (QED) is 0.710. The molecular weight excluding hydrogens is 384 g/mol. The summed E-state index contributed by atoms with van der Waals surface area (Å²) >= 11 is 0. The Morgan fingerprint density at radius 2 is 1.69 bits per heavy atom. The minimum Gasteiger partial charge on any atom is -0.508 e. The molecule has 0 saturated carbocycles. The number of rotatable bonds is 6. The number of nitrogens with zero attached hydrogens (tertiary/aromatic N) is 2. The number of phenolic OH excluding ortho intramolecular Hbond substituents is 1. The first-order valence-electron chi connectivity index (χ1n) is 10.4. The fraction of sp³-hybridized carbons (Fsp3) is 0.500. The molecule has 0 aromatic heterocycles. The van der Waals surface area contributed by atoms with Gasteiger partial charge < -0.3 is 14.7 Å². The van der Waals surface area contributed by atoms with E-state index in [2.05, 4.69) is 55.7 Å². The minimum absolute atomic E-state index is 0. The Morgan fingerprint density at radius 1 is 1.00 bits per heavy atom. The largest absolute Gasteiger partial charge is 0.508 e. The van der Waals surface area contributed by atoms with Crippen molar-refractivity contribution in [2.75, 3.05) is 44.2 Å². The second kappa shape index (κ2) is 10.2. The van der Waals surface area contributed by atoms with Crippen molar-refractivity contribution in [3.05, 3.63) is 52.6 Å². The highest BCUT2D eigenvalue weighted by Crippen LogP contribution is 2.32. The highest BCUT2D eigenvalue weighted by molar-refractivity contribution is 5.85. The first kappa shape index (κ1) is 23.4. The van der Waals surface area contributed by atoms with Crippen LogP contribution in [0.4, 0.5) is 5.69 Å². The monoisotopic (exact) mass is 418 g/mol. The van der Waals surface area contributed by atoms with Crippen LogP contribution in [0.3, 0.4) is 0 Å². The summed E-state index contributed by atoms with van der Waals surface area (Å²) in [5.74, 6) is 1.57. The van der Waals surface area contributed by atoms with Crippen LogP contribution in [0.25, 0.3) is 0 Å². The van der Waals surface area contributed by atoms with Gasteiger partial charge in [0.2, 0.25) is 0 Å². The zero-order valence-corrected chi connectivity index (χ0v) is 19.2. The van der Waals surface area contributed by atoms with Gasteiger partial charge in [-0.15, -0.1) is 12.4 Å². The van der Waals surface area contributed by atoms with E-state index in [0.717, 1.165) is 49.6 Å². The maximum Gasteiger partial charge on any atom is 0.123 e. The summed E-state index contributed by atoms with van der Waals surface area (Å²) in [7, 11) is 0. The maximum atomic E-state index is 9.99. The molecule has 2 aromatic carbocycles. The molecule has 3 rings (SSSR count). The molecule has 2 aromatic rings. The summed E-state index contributed by atoms with van der Waals surface area (Å²) < 4.78 is 6.12. The van der Waals surface area contributed by atoms with Crippen LogP contribution in [0.5, 0.6) is 11.5 Å². The van der Waals surface area contributed by atoms with E-state index < -0.39 is 0 Å². The molecule has 0 amide bonds. The van der Waals surface area contributed by atoms with Crippen LogP contribution in [0.15, 0.2) is 30.3 Å². The molecule has 5 heteroatoms. The molecule has 1 saturated heterocycles. The van der Waals surface area contributed by atoms with Crippen LogP contribution >= 0.6 is 12.4 Å². The van der Waals surface area contributed by atoms with Crippen molar-refractivity contribution in [3.63, 3.8) is 0 Å². The van der Waals surface area contributed by atoms with Crippen LogP contribution in [-0.2, 0) is 0 Å². The molecule has 4 nitrogen and oxygen atoms in total. The van der Waals surface area contributed by atoms with Gasteiger partial charge in [0.15, 0.2) is 0 Å². The van der Waals surface area contributed by atoms with Gasteiger partial charge in [0.1, 0.15) is 18.1 Å². The van der Waals surface area contributed by atoms with Gasteiger partial charge in [-0.05, 0) is 61.6 Å². The van der Waals surface area contributed by atoms with Crippen molar-refractivity contribution in [3.8, 4) is 11.5 Å². The lowest BCUT2D eigenvalue weighted by Gasteiger charge is -2.37.